The number of aliphatic carboxylic acids is 1. The molecule has 0 aromatic heterocycles. The first-order chi connectivity index (χ1) is 19.7. The third-order valence-corrected chi connectivity index (χ3v) is 10.1. The van der Waals surface area contributed by atoms with Crippen LogP contribution in [-0.2, 0) is 9.53 Å². The number of hydrogen-bond acceptors (Lipinski definition) is 7. The third-order valence-electron chi connectivity index (χ3n) is 8.92. The number of hydrogen-bond donors (Lipinski definition) is 1. The molecule has 6 aliphatic rings. The first kappa shape index (κ1) is 31.0. The highest BCUT2D eigenvalue weighted by molar-refractivity contribution is 8.19. The highest BCUT2D eigenvalue weighted by atomic mass is 35.5. The molecular formula is C32H43ClN4O4S. The van der Waals surface area contributed by atoms with E-state index in [-0.39, 0.29) is 29.5 Å². The summed E-state index contributed by atoms with van der Waals surface area (Å²) in [6.07, 6.45) is 15.2. The Hall–Kier alpha value is -2.49. The van der Waals surface area contributed by atoms with Crippen molar-refractivity contribution in [2.75, 3.05) is 52.4 Å². The van der Waals surface area contributed by atoms with E-state index < -0.39 is 11.6 Å². The van der Waals surface area contributed by atoms with E-state index in [9.17, 15) is 14.7 Å². The van der Waals surface area contributed by atoms with Gasteiger partial charge in [0.2, 0.25) is 0 Å². The molecule has 0 aromatic carbocycles. The number of thioether (sulfide) groups is 1. The van der Waals surface area contributed by atoms with E-state index >= 15 is 0 Å². The molecule has 0 spiro atoms. The fourth-order valence-corrected chi connectivity index (χ4v) is 7.99. The Labute approximate surface area is 259 Å². The molecule has 42 heavy (non-hydrogen) atoms. The molecule has 1 amide bonds. The second-order valence-electron chi connectivity index (χ2n) is 12.9. The largest absolute Gasteiger partial charge is 0.476 e. The molecule has 3 aliphatic carbocycles. The normalized spacial score (nSPS) is 24.7. The number of piperazine rings is 1. The van der Waals surface area contributed by atoms with Gasteiger partial charge in [0.25, 0.3) is 0 Å². The van der Waals surface area contributed by atoms with Crippen molar-refractivity contribution in [3.05, 3.63) is 57.2 Å². The Kier molecular flexibility index (Phi) is 9.30. The van der Waals surface area contributed by atoms with Crippen LogP contribution in [-0.4, -0.2) is 94.9 Å². The van der Waals surface area contributed by atoms with Gasteiger partial charge in [0.05, 0.1) is 6.54 Å². The van der Waals surface area contributed by atoms with Crippen LogP contribution in [0.5, 0.6) is 0 Å². The predicted molar refractivity (Wildman–Crippen MR) is 170 cm³/mol. The lowest BCUT2D eigenvalue weighted by Gasteiger charge is -2.36. The van der Waals surface area contributed by atoms with Crippen molar-refractivity contribution in [2.45, 2.75) is 58.5 Å². The number of fused-ring (bicyclic) bond motifs is 4. The molecule has 2 fully saturated rings. The summed E-state index contributed by atoms with van der Waals surface area (Å²) in [4.78, 5) is 36.8. The van der Waals surface area contributed by atoms with Crippen LogP contribution in [0.4, 0.5) is 4.79 Å². The Morgan fingerprint density at radius 1 is 1.07 bits per heavy atom. The van der Waals surface area contributed by atoms with E-state index in [0.29, 0.717) is 25.6 Å². The topological polar surface area (TPSA) is 85.7 Å². The molecule has 228 valence electrons. The molecule has 1 unspecified atom stereocenters. The molecular weight excluding hydrogens is 572 g/mol. The van der Waals surface area contributed by atoms with E-state index in [0.717, 1.165) is 37.6 Å². The van der Waals surface area contributed by atoms with E-state index in [1.54, 1.807) is 0 Å². The Morgan fingerprint density at radius 3 is 2.50 bits per heavy atom. The van der Waals surface area contributed by atoms with E-state index in [4.69, 9.17) is 4.74 Å². The zero-order valence-electron chi connectivity index (χ0n) is 24.9. The van der Waals surface area contributed by atoms with Gasteiger partial charge in [-0.15, -0.1) is 12.4 Å². The molecule has 1 saturated carbocycles. The first-order valence-corrected chi connectivity index (χ1v) is 16.0. The Balaban J connectivity index is 0.00000353. The van der Waals surface area contributed by atoms with Gasteiger partial charge in [0.15, 0.2) is 5.04 Å². The van der Waals surface area contributed by atoms with E-state index in [2.05, 4.69) is 39.2 Å². The molecule has 0 aromatic rings. The molecule has 1 N–H and O–H groups in total. The summed E-state index contributed by atoms with van der Waals surface area (Å²) in [7, 11) is 0. The Morgan fingerprint density at radius 2 is 1.81 bits per heavy atom. The average molecular weight is 615 g/mol. The lowest BCUT2D eigenvalue weighted by atomic mass is 9.80. The van der Waals surface area contributed by atoms with Gasteiger partial charge in [-0.1, -0.05) is 49.3 Å². The molecule has 0 radical (unpaired) electrons. The van der Waals surface area contributed by atoms with Gasteiger partial charge in [0, 0.05) is 62.8 Å². The number of aliphatic imine (C=N–C) groups is 1. The standard InChI is InChI=1S/C32H42N4O4S.ClH/c1-32(2,3)40-31(39)36-16-14-34(15-17-36)12-13-35-19-22-18-33-29(30(37)38)41-28(22)27-25(20-35)23-10-7-11-24(23)26(27)21-8-5-4-6-9-21;/h7,10-11,20-21,23H,4-6,8-9,12-19H2,1-3H3,(H,37,38);1H. The highest BCUT2D eigenvalue weighted by Gasteiger charge is 2.42. The minimum absolute atomic E-state index is 0. The lowest BCUT2D eigenvalue weighted by Crippen LogP contribution is -2.51. The molecule has 3 heterocycles. The maximum atomic E-state index is 12.5. The molecule has 10 heteroatoms. The summed E-state index contributed by atoms with van der Waals surface area (Å²) in [5, 5.41) is 10.0. The van der Waals surface area contributed by atoms with Gasteiger partial charge < -0.3 is 19.6 Å². The smallest absolute Gasteiger partial charge is 0.410 e. The van der Waals surface area contributed by atoms with Gasteiger partial charge in [-0.05, 0) is 67.4 Å². The SMILES string of the molecule is CC(C)(C)OC(=O)N1CCN(CCN2C=C3C(=C(C4CCCCC4)C4=CC=CC34)C3=C(CN=C(C(=O)O)S3)C2)CC1.Cl. The van der Waals surface area contributed by atoms with Crippen molar-refractivity contribution in [2.24, 2.45) is 16.8 Å². The number of allylic oxidation sites excluding steroid dienone is 7. The van der Waals surface area contributed by atoms with Crippen LogP contribution in [0.15, 0.2) is 62.2 Å². The van der Waals surface area contributed by atoms with Gasteiger partial charge in [-0.3, -0.25) is 9.89 Å². The zero-order chi connectivity index (χ0) is 28.7. The number of rotatable bonds is 5. The highest BCUT2D eigenvalue weighted by Crippen LogP contribution is 2.55. The molecule has 3 aliphatic heterocycles. The van der Waals surface area contributed by atoms with Gasteiger partial charge in [-0.25, -0.2) is 9.59 Å². The monoisotopic (exact) mass is 614 g/mol. The minimum atomic E-state index is -0.934. The van der Waals surface area contributed by atoms with Crippen LogP contribution >= 0.6 is 24.2 Å². The number of nitrogens with zero attached hydrogens (tertiary/aromatic N) is 4. The van der Waals surface area contributed by atoms with Gasteiger partial charge >= 0.3 is 12.1 Å². The minimum Gasteiger partial charge on any atom is -0.476 e. The number of carbonyl (C=O) groups is 2. The summed E-state index contributed by atoms with van der Waals surface area (Å²) in [5.74, 6) is -0.148. The second kappa shape index (κ2) is 12.6. The van der Waals surface area contributed by atoms with Crippen molar-refractivity contribution in [1.29, 1.82) is 0 Å². The number of carbonyl (C=O) groups excluding carboxylic acids is 1. The first-order valence-electron chi connectivity index (χ1n) is 15.2. The van der Waals surface area contributed by atoms with E-state index in [1.165, 1.54) is 71.7 Å². The van der Waals surface area contributed by atoms with Crippen LogP contribution in [0.1, 0.15) is 52.9 Å². The lowest BCUT2D eigenvalue weighted by molar-refractivity contribution is -0.129. The van der Waals surface area contributed by atoms with Crippen LogP contribution in [0.3, 0.4) is 0 Å². The summed E-state index contributed by atoms with van der Waals surface area (Å²) in [6, 6.07) is 0. The van der Waals surface area contributed by atoms with Crippen LogP contribution in [0.25, 0.3) is 0 Å². The van der Waals surface area contributed by atoms with Gasteiger partial charge in [0.1, 0.15) is 5.60 Å². The fourth-order valence-electron chi connectivity index (χ4n) is 6.97. The summed E-state index contributed by atoms with van der Waals surface area (Å²) in [6.45, 7) is 11.7. The number of halogens is 1. The molecule has 8 nitrogen and oxygen atoms in total. The van der Waals surface area contributed by atoms with Crippen molar-refractivity contribution in [1.82, 2.24) is 14.7 Å². The van der Waals surface area contributed by atoms with E-state index in [1.807, 2.05) is 25.7 Å². The molecule has 1 saturated heterocycles. The van der Waals surface area contributed by atoms with Crippen molar-refractivity contribution < 1.29 is 19.4 Å². The number of amides is 1. The summed E-state index contributed by atoms with van der Waals surface area (Å²) in [5.41, 5.74) is 6.27. The van der Waals surface area contributed by atoms with Crippen molar-refractivity contribution in [3.8, 4) is 0 Å². The van der Waals surface area contributed by atoms with Crippen LogP contribution in [0.2, 0.25) is 0 Å². The fraction of sp³-hybridized carbons (Fsp3) is 0.594. The maximum absolute atomic E-state index is 12.5. The average Bonchev–Trinajstić information content (AvgIpc) is 3.49. The maximum Gasteiger partial charge on any atom is 0.410 e. The third kappa shape index (κ3) is 6.38. The quantitative estimate of drug-likeness (QED) is 0.428. The zero-order valence-corrected chi connectivity index (χ0v) is 26.6. The summed E-state index contributed by atoms with van der Waals surface area (Å²) >= 11 is 1.37. The summed E-state index contributed by atoms with van der Waals surface area (Å²) < 4.78 is 5.56. The number of carboxylic acids is 1. The molecule has 0 bridgehead atoms. The van der Waals surface area contributed by atoms with Crippen molar-refractivity contribution in [3.63, 3.8) is 0 Å². The van der Waals surface area contributed by atoms with Crippen molar-refractivity contribution >= 4 is 41.3 Å². The predicted octanol–water partition coefficient (Wildman–Crippen LogP) is 5.65. The second-order valence-corrected chi connectivity index (χ2v) is 13.9. The number of ether oxygens (including phenoxy) is 1. The van der Waals surface area contributed by atoms with Crippen LogP contribution in [0, 0.1) is 11.8 Å². The molecule has 6 rings (SSSR count). The molecule has 1 atom stereocenters. The number of carboxylic acid groups (broad SMARTS) is 1. The van der Waals surface area contributed by atoms with Gasteiger partial charge in [-0.2, -0.15) is 0 Å². The van der Waals surface area contributed by atoms with Crippen LogP contribution < -0.4 is 0 Å². The Bertz CT molecular complexity index is 1290.